The molecule has 1 aliphatic rings. The van der Waals surface area contributed by atoms with Crippen LogP contribution in [-0.2, 0) is 4.74 Å². The third-order valence-electron chi connectivity index (χ3n) is 5.04. The summed E-state index contributed by atoms with van der Waals surface area (Å²) in [5.41, 5.74) is 1.73. The first kappa shape index (κ1) is 21.0. The molecule has 1 aromatic heterocycles. The van der Waals surface area contributed by atoms with E-state index in [1.807, 2.05) is 37.3 Å². The number of aromatic nitrogens is 1. The topological polar surface area (TPSA) is 71.5 Å². The summed E-state index contributed by atoms with van der Waals surface area (Å²) in [5, 5.41) is 2.97. The van der Waals surface area contributed by atoms with Gasteiger partial charge in [-0.3, -0.25) is 14.7 Å². The Labute approximate surface area is 172 Å². The standard InChI is InChI=1S/C23H28N3O3/c1-2-3-14-29-23(28)20-16-24-15-19(18-10-6-4-7-11-18)21(20)22(27)25-17-26-12-8-5-9-13-26/h4,6-7,10-11,16H,2-3,5,8-9,12-14,17H2,1H3,(H,25,27). The smallest absolute Gasteiger partial charge is 0.340 e. The number of nitrogens with zero attached hydrogens (tertiary/aromatic N) is 2. The minimum absolute atomic E-state index is 0.176. The van der Waals surface area contributed by atoms with E-state index in [1.54, 1.807) is 0 Å². The van der Waals surface area contributed by atoms with Crippen LogP contribution in [0.5, 0.6) is 0 Å². The Morgan fingerprint density at radius 3 is 2.66 bits per heavy atom. The van der Waals surface area contributed by atoms with E-state index in [0.29, 0.717) is 18.8 Å². The maximum absolute atomic E-state index is 13.1. The summed E-state index contributed by atoms with van der Waals surface area (Å²) in [4.78, 5) is 32.1. The maximum Gasteiger partial charge on any atom is 0.340 e. The van der Waals surface area contributed by atoms with Gasteiger partial charge in [0.1, 0.15) is 0 Å². The number of benzene rings is 1. The van der Waals surface area contributed by atoms with Gasteiger partial charge in [-0.2, -0.15) is 0 Å². The van der Waals surface area contributed by atoms with Crippen molar-refractivity contribution in [1.29, 1.82) is 0 Å². The number of ether oxygens (including phenoxy) is 1. The molecule has 1 N–H and O–H groups in total. The van der Waals surface area contributed by atoms with Gasteiger partial charge in [0.05, 0.1) is 30.6 Å². The molecule has 2 aromatic rings. The van der Waals surface area contributed by atoms with Gasteiger partial charge in [-0.25, -0.2) is 4.79 Å². The Hall–Kier alpha value is -2.73. The Kier molecular flexibility index (Phi) is 7.76. The first-order valence-corrected chi connectivity index (χ1v) is 10.3. The van der Waals surface area contributed by atoms with E-state index in [1.165, 1.54) is 12.6 Å². The van der Waals surface area contributed by atoms with Crippen LogP contribution in [0.15, 0.2) is 36.5 Å². The molecule has 3 rings (SSSR count). The second-order valence-electron chi connectivity index (χ2n) is 7.23. The number of nitrogens with one attached hydrogen (secondary N) is 1. The number of rotatable bonds is 8. The van der Waals surface area contributed by atoms with Crippen molar-refractivity contribution < 1.29 is 14.3 Å². The van der Waals surface area contributed by atoms with E-state index in [9.17, 15) is 9.59 Å². The molecule has 1 radical (unpaired) electrons. The molecule has 29 heavy (non-hydrogen) atoms. The molecule has 1 saturated heterocycles. The minimum Gasteiger partial charge on any atom is -0.462 e. The molecule has 0 aliphatic carbocycles. The Morgan fingerprint density at radius 1 is 1.17 bits per heavy atom. The number of carbonyl (C=O) groups is 2. The van der Waals surface area contributed by atoms with Gasteiger partial charge in [-0.15, -0.1) is 0 Å². The van der Waals surface area contributed by atoms with Crippen LogP contribution >= 0.6 is 0 Å². The first-order chi connectivity index (χ1) is 14.2. The van der Waals surface area contributed by atoms with Crippen LogP contribution in [0.3, 0.4) is 0 Å². The predicted molar refractivity (Wildman–Crippen MR) is 111 cm³/mol. The van der Waals surface area contributed by atoms with Crippen molar-refractivity contribution in [3.63, 3.8) is 0 Å². The van der Waals surface area contributed by atoms with Gasteiger partial charge in [0.25, 0.3) is 5.91 Å². The molecule has 0 bridgehead atoms. The van der Waals surface area contributed by atoms with E-state index in [-0.39, 0.29) is 17.0 Å². The monoisotopic (exact) mass is 394 g/mol. The van der Waals surface area contributed by atoms with Gasteiger partial charge in [0.2, 0.25) is 0 Å². The SMILES string of the molecule is CCCCOC(=O)c1cn[c]c(-c2ccccc2)c1C(=O)NCN1CCCCC1. The molecule has 1 fully saturated rings. The summed E-state index contributed by atoms with van der Waals surface area (Å²) in [5.74, 6) is -0.837. The van der Waals surface area contributed by atoms with Gasteiger partial charge < -0.3 is 10.1 Å². The number of esters is 1. The number of hydrogen-bond acceptors (Lipinski definition) is 5. The fraction of sp³-hybridized carbons (Fsp3) is 0.435. The normalized spacial score (nSPS) is 14.4. The molecule has 0 atom stereocenters. The van der Waals surface area contributed by atoms with E-state index < -0.39 is 5.97 Å². The van der Waals surface area contributed by atoms with Crippen LogP contribution in [0.1, 0.15) is 59.7 Å². The van der Waals surface area contributed by atoms with Crippen LogP contribution in [0.2, 0.25) is 0 Å². The summed E-state index contributed by atoms with van der Waals surface area (Å²) in [6.45, 7) is 4.75. The average Bonchev–Trinajstić information content (AvgIpc) is 2.78. The van der Waals surface area contributed by atoms with Crippen molar-refractivity contribution in [1.82, 2.24) is 15.2 Å². The quantitative estimate of drug-likeness (QED) is 0.546. The lowest BCUT2D eigenvalue weighted by atomic mass is 9.97. The highest BCUT2D eigenvalue weighted by molar-refractivity contribution is 6.09. The molecular formula is C23H28N3O3. The van der Waals surface area contributed by atoms with Crippen LogP contribution in [0.4, 0.5) is 0 Å². The molecule has 1 aliphatic heterocycles. The maximum atomic E-state index is 13.1. The summed E-state index contributed by atoms with van der Waals surface area (Å²) in [6.07, 6.45) is 9.49. The molecule has 0 unspecified atom stereocenters. The number of piperidine rings is 1. The highest BCUT2D eigenvalue weighted by Gasteiger charge is 2.24. The highest BCUT2D eigenvalue weighted by Crippen LogP contribution is 2.25. The third kappa shape index (κ3) is 5.64. The Bertz CT molecular complexity index is 817. The zero-order valence-corrected chi connectivity index (χ0v) is 16.9. The molecular weight excluding hydrogens is 366 g/mol. The zero-order valence-electron chi connectivity index (χ0n) is 16.9. The zero-order chi connectivity index (χ0) is 20.5. The van der Waals surface area contributed by atoms with Crippen LogP contribution < -0.4 is 5.32 Å². The second kappa shape index (κ2) is 10.7. The van der Waals surface area contributed by atoms with Crippen molar-refractivity contribution in [3.8, 4) is 11.1 Å². The van der Waals surface area contributed by atoms with Crippen molar-refractivity contribution in [2.24, 2.45) is 0 Å². The number of amides is 1. The van der Waals surface area contributed by atoms with Crippen LogP contribution in [0.25, 0.3) is 11.1 Å². The van der Waals surface area contributed by atoms with Crippen LogP contribution in [-0.4, -0.2) is 48.1 Å². The lowest BCUT2D eigenvalue weighted by Crippen LogP contribution is -2.40. The largest absolute Gasteiger partial charge is 0.462 e. The van der Waals surface area contributed by atoms with Crippen molar-refractivity contribution in [3.05, 3.63) is 53.9 Å². The van der Waals surface area contributed by atoms with E-state index >= 15 is 0 Å². The number of carbonyl (C=O) groups excluding carboxylic acids is 2. The minimum atomic E-state index is -0.528. The molecule has 0 saturated carbocycles. The fourth-order valence-corrected chi connectivity index (χ4v) is 3.40. The lowest BCUT2D eigenvalue weighted by Gasteiger charge is -2.26. The summed E-state index contributed by atoms with van der Waals surface area (Å²) >= 11 is 0. The van der Waals surface area contributed by atoms with Gasteiger partial charge in [0, 0.05) is 11.8 Å². The van der Waals surface area contributed by atoms with E-state index in [0.717, 1.165) is 44.3 Å². The average molecular weight is 394 g/mol. The predicted octanol–water partition coefficient (Wildman–Crippen LogP) is 3.68. The molecule has 6 heteroatoms. The van der Waals surface area contributed by atoms with Crippen LogP contribution in [0, 0.1) is 6.20 Å². The van der Waals surface area contributed by atoms with Gasteiger partial charge in [-0.05, 0) is 37.9 Å². The molecule has 1 amide bonds. The van der Waals surface area contributed by atoms with Gasteiger partial charge in [-0.1, -0.05) is 50.1 Å². The Balaban J connectivity index is 1.87. The van der Waals surface area contributed by atoms with Crippen molar-refractivity contribution in [2.45, 2.75) is 39.0 Å². The van der Waals surface area contributed by atoms with Crippen molar-refractivity contribution >= 4 is 11.9 Å². The molecule has 6 nitrogen and oxygen atoms in total. The Morgan fingerprint density at radius 2 is 1.93 bits per heavy atom. The van der Waals surface area contributed by atoms with Gasteiger partial charge >= 0.3 is 5.97 Å². The summed E-state index contributed by atoms with van der Waals surface area (Å²) < 4.78 is 5.36. The third-order valence-corrected chi connectivity index (χ3v) is 5.04. The molecule has 153 valence electrons. The molecule has 1 aromatic carbocycles. The molecule has 2 heterocycles. The fourth-order valence-electron chi connectivity index (χ4n) is 3.40. The van der Waals surface area contributed by atoms with Gasteiger partial charge in [0.15, 0.2) is 0 Å². The number of likely N-dealkylation sites (tertiary alicyclic amines) is 1. The highest BCUT2D eigenvalue weighted by atomic mass is 16.5. The summed E-state index contributed by atoms with van der Waals surface area (Å²) in [6, 6.07) is 9.41. The number of pyridine rings is 1. The number of hydrogen-bond donors (Lipinski definition) is 1. The second-order valence-corrected chi connectivity index (χ2v) is 7.23. The summed E-state index contributed by atoms with van der Waals surface area (Å²) in [7, 11) is 0. The molecule has 0 spiro atoms. The number of unbranched alkanes of at least 4 members (excludes halogenated alkanes) is 1. The van der Waals surface area contributed by atoms with E-state index in [4.69, 9.17) is 4.74 Å². The lowest BCUT2D eigenvalue weighted by molar-refractivity contribution is 0.0495. The first-order valence-electron chi connectivity index (χ1n) is 10.3. The van der Waals surface area contributed by atoms with Crippen molar-refractivity contribution in [2.75, 3.05) is 26.4 Å². The van der Waals surface area contributed by atoms with E-state index in [2.05, 4.69) is 21.4 Å².